The van der Waals surface area contributed by atoms with E-state index in [4.69, 9.17) is 5.11 Å². The molecule has 2 heterocycles. The van der Waals surface area contributed by atoms with Gasteiger partial charge in [0.05, 0.1) is 6.04 Å². The van der Waals surface area contributed by atoms with Crippen molar-refractivity contribution in [2.75, 3.05) is 19.7 Å². The molecule has 19 heavy (non-hydrogen) atoms. The summed E-state index contributed by atoms with van der Waals surface area (Å²) in [4.78, 5) is 14.9. The van der Waals surface area contributed by atoms with E-state index >= 15 is 0 Å². The quantitative estimate of drug-likeness (QED) is 0.813. The molecule has 4 heteroatoms. The summed E-state index contributed by atoms with van der Waals surface area (Å²) in [5.74, 6) is 0.283. The van der Waals surface area contributed by atoms with Gasteiger partial charge in [-0.2, -0.15) is 0 Å². The Kier molecular flexibility index (Phi) is 4.85. The summed E-state index contributed by atoms with van der Waals surface area (Å²) >= 11 is 0. The van der Waals surface area contributed by atoms with E-state index < -0.39 is 0 Å². The number of hydrogen-bond acceptors (Lipinski definition) is 3. The number of carbonyl (C=O) groups excluding carboxylic acids is 1. The fourth-order valence-electron chi connectivity index (χ4n) is 3.55. The van der Waals surface area contributed by atoms with Gasteiger partial charge < -0.3 is 15.3 Å². The molecule has 0 saturated carbocycles. The van der Waals surface area contributed by atoms with Gasteiger partial charge >= 0.3 is 0 Å². The molecule has 2 unspecified atom stereocenters. The Morgan fingerprint density at radius 3 is 2.89 bits per heavy atom. The number of nitrogens with one attached hydrogen (secondary N) is 1. The predicted octanol–water partition coefficient (Wildman–Crippen LogP) is 1.53. The molecule has 2 aliphatic heterocycles. The van der Waals surface area contributed by atoms with Crippen LogP contribution >= 0.6 is 0 Å². The van der Waals surface area contributed by atoms with Crippen molar-refractivity contribution >= 4 is 5.91 Å². The minimum atomic E-state index is -0.0315. The van der Waals surface area contributed by atoms with Crippen LogP contribution in [0.25, 0.3) is 0 Å². The van der Waals surface area contributed by atoms with E-state index in [2.05, 4.69) is 24.1 Å². The topological polar surface area (TPSA) is 52.6 Å². The molecule has 2 rings (SSSR count). The standard InChI is InChI=1S/C15H28N2O2/c1-15(2)8-5-9-16-13(15)14(19)17-10-3-6-12(17)7-4-11-18/h12-13,16,18H,3-11H2,1-2H3. The highest BCUT2D eigenvalue weighted by molar-refractivity contribution is 5.83. The Morgan fingerprint density at radius 1 is 1.42 bits per heavy atom. The van der Waals surface area contributed by atoms with Crippen molar-refractivity contribution in [1.29, 1.82) is 0 Å². The lowest BCUT2D eigenvalue weighted by Gasteiger charge is -2.41. The lowest BCUT2D eigenvalue weighted by atomic mass is 9.77. The Balaban J connectivity index is 2.01. The fourth-order valence-corrected chi connectivity index (χ4v) is 3.55. The van der Waals surface area contributed by atoms with E-state index in [0.29, 0.717) is 6.04 Å². The largest absolute Gasteiger partial charge is 0.396 e. The molecule has 0 bridgehead atoms. The highest BCUT2D eigenvalue weighted by atomic mass is 16.3. The van der Waals surface area contributed by atoms with Gasteiger partial charge in [-0.3, -0.25) is 4.79 Å². The molecule has 2 saturated heterocycles. The molecule has 1 amide bonds. The SMILES string of the molecule is CC1(C)CCCNC1C(=O)N1CCCC1CCCO. The minimum Gasteiger partial charge on any atom is -0.396 e. The van der Waals surface area contributed by atoms with E-state index in [1.807, 2.05) is 0 Å². The Hall–Kier alpha value is -0.610. The van der Waals surface area contributed by atoms with Crippen LogP contribution < -0.4 is 5.32 Å². The number of hydrogen-bond donors (Lipinski definition) is 2. The van der Waals surface area contributed by atoms with Crippen LogP contribution in [-0.4, -0.2) is 47.7 Å². The zero-order chi connectivity index (χ0) is 13.9. The molecule has 2 N–H and O–H groups in total. The van der Waals surface area contributed by atoms with Crippen LogP contribution in [0.15, 0.2) is 0 Å². The summed E-state index contributed by atoms with van der Waals surface area (Å²) in [5, 5.41) is 12.4. The van der Waals surface area contributed by atoms with Crippen molar-refractivity contribution in [2.24, 2.45) is 5.41 Å². The molecule has 0 aromatic carbocycles. The number of nitrogens with zero attached hydrogens (tertiary/aromatic N) is 1. The van der Waals surface area contributed by atoms with E-state index in [1.54, 1.807) is 0 Å². The highest BCUT2D eigenvalue weighted by Crippen LogP contribution is 2.33. The highest BCUT2D eigenvalue weighted by Gasteiger charge is 2.41. The lowest BCUT2D eigenvalue weighted by Crippen LogP contribution is -2.57. The molecule has 0 radical (unpaired) electrons. The Morgan fingerprint density at radius 2 is 2.21 bits per heavy atom. The lowest BCUT2D eigenvalue weighted by molar-refractivity contribution is -0.138. The van der Waals surface area contributed by atoms with E-state index in [-0.39, 0.29) is 24.0 Å². The molecule has 110 valence electrons. The smallest absolute Gasteiger partial charge is 0.240 e. The first-order valence-electron chi connectivity index (χ1n) is 7.71. The number of aliphatic hydroxyl groups excluding tert-OH is 1. The summed E-state index contributed by atoms with van der Waals surface area (Å²) in [6.07, 6.45) is 6.22. The first-order valence-corrected chi connectivity index (χ1v) is 7.71. The average Bonchev–Trinajstić information content (AvgIpc) is 2.83. The fraction of sp³-hybridized carbons (Fsp3) is 0.933. The average molecular weight is 268 g/mol. The summed E-state index contributed by atoms with van der Waals surface area (Å²) in [7, 11) is 0. The third kappa shape index (κ3) is 3.29. The monoisotopic (exact) mass is 268 g/mol. The third-order valence-corrected chi connectivity index (χ3v) is 4.73. The number of aliphatic hydroxyl groups is 1. The van der Waals surface area contributed by atoms with E-state index in [1.165, 1.54) is 0 Å². The molecule has 2 aliphatic rings. The molecule has 0 aromatic rings. The van der Waals surface area contributed by atoms with Crippen LogP contribution in [0, 0.1) is 5.41 Å². The van der Waals surface area contributed by atoms with Crippen LogP contribution in [0.3, 0.4) is 0 Å². The number of likely N-dealkylation sites (tertiary alicyclic amines) is 1. The first kappa shape index (κ1) is 14.8. The minimum absolute atomic E-state index is 0.0315. The number of rotatable bonds is 4. The van der Waals surface area contributed by atoms with Crippen LogP contribution in [-0.2, 0) is 4.79 Å². The van der Waals surface area contributed by atoms with Crippen LogP contribution in [0.4, 0.5) is 0 Å². The van der Waals surface area contributed by atoms with Gasteiger partial charge in [0, 0.05) is 19.2 Å². The molecule has 0 spiro atoms. The predicted molar refractivity (Wildman–Crippen MR) is 75.9 cm³/mol. The molecular weight excluding hydrogens is 240 g/mol. The molecule has 0 aromatic heterocycles. The summed E-state index contributed by atoms with van der Waals surface area (Å²) in [6.45, 7) is 6.46. The zero-order valence-electron chi connectivity index (χ0n) is 12.3. The Labute approximate surface area is 116 Å². The van der Waals surface area contributed by atoms with Gasteiger partial charge in [0.2, 0.25) is 5.91 Å². The number of amides is 1. The van der Waals surface area contributed by atoms with Crippen LogP contribution in [0.2, 0.25) is 0 Å². The van der Waals surface area contributed by atoms with Gasteiger partial charge in [-0.05, 0) is 50.5 Å². The second-order valence-corrected chi connectivity index (χ2v) is 6.67. The van der Waals surface area contributed by atoms with Gasteiger partial charge in [0.25, 0.3) is 0 Å². The van der Waals surface area contributed by atoms with Crippen molar-refractivity contribution in [1.82, 2.24) is 10.2 Å². The van der Waals surface area contributed by atoms with Gasteiger partial charge in [-0.15, -0.1) is 0 Å². The molecular formula is C15H28N2O2. The van der Waals surface area contributed by atoms with Crippen molar-refractivity contribution in [2.45, 2.75) is 64.5 Å². The van der Waals surface area contributed by atoms with Crippen molar-refractivity contribution < 1.29 is 9.90 Å². The van der Waals surface area contributed by atoms with Gasteiger partial charge in [-0.25, -0.2) is 0 Å². The molecule has 0 aliphatic carbocycles. The Bertz CT molecular complexity index is 317. The van der Waals surface area contributed by atoms with Gasteiger partial charge in [-0.1, -0.05) is 13.8 Å². The van der Waals surface area contributed by atoms with Crippen molar-refractivity contribution in [3.8, 4) is 0 Å². The molecule has 2 fully saturated rings. The summed E-state index contributed by atoms with van der Waals surface area (Å²) < 4.78 is 0. The van der Waals surface area contributed by atoms with Gasteiger partial charge in [0.15, 0.2) is 0 Å². The van der Waals surface area contributed by atoms with Crippen molar-refractivity contribution in [3.63, 3.8) is 0 Å². The summed E-state index contributed by atoms with van der Waals surface area (Å²) in [6, 6.07) is 0.315. The second kappa shape index (κ2) is 6.23. The van der Waals surface area contributed by atoms with Crippen molar-refractivity contribution in [3.05, 3.63) is 0 Å². The van der Waals surface area contributed by atoms with Crippen LogP contribution in [0.1, 0.15) is 52.4 Å². The maximum atomic E-state index is 12.8. The normalized spacial score (nSPS) is 30.6. The summed E-state index contributed by atoms with van der Waals surface area (Å²) in [5.41, 5.74) is 0.0550. The van der Waals surface area contributed by atoms with Gasteiger partial charge in [0.1, 0.15) is 0 Å². The molecule has 4 nitrogen and oxygen atoms in total. The second-order valence-electron chi connectivity index (χ2n) is 6.67. The molecule has 2 atom stereocenters. The van der Waals surface area contributed by atoms with E-state index in [9.17, 15) is 4.79 Å². The third-order valence-electron chi connectivity index (χ3n) is 4.73. The zero-order valence-corrected chi connectivity index (χ0v) is 12.3. The van der Waals surface area contributed by atoms with Crippen LogP contribution in [0.5, 0.6) is 0 Å². The number of carbonyl (C=O) groups is 1. The van der Waals surface area contributed by atoms with E-state index in [0.717, 1.165) is 51.6 Å². The first-order chi connectivity index (χ1) is 9.06. The maximum Gasteiger partial charge on any atom is 0.240 e. The maximum absolute atomic E-state index is 12.8. The number of piperidine rings is 1.